The molecule has 156 valence electrons. The van der Waals surface area contributed by atoms with E-state index in [-0.39, 0.29) is 5.91 Å². The molecule has 3 amide bonds. The van der Waals surface area contributed by atoms with Crippen LogP contribution >= 0.6 is 15.9 Å². The number of benzene rings is 1. The highest BCUT2D eigenvalue weighted by molar-refractivity contribution is 9.10. The van der Waals surface area contributed by atoms with Crippen molar-refractivity contribution in [2.24, 2.45) is 0 Å². The zero-order valence-corrected chi connectivity index (χ0v) is 18.3. The maximum Gasteiger partial charge on any atom is 0.262 e. The number of pyridine rings is 1. The molecular formula is C22H23BrN4O3. The molecule has 0 radical (unpaired) electrons. The predicted molar refractivity (Wildman–Crippen MR) is 116 cm³/mol. The first-order valence-electron chi connectivity index (χ1n) is 10.1. The van der Waals surface area contributed by atoms with Crippen molar-refractivity contribution in [2.45, 2.75) is 38.8 Å². The van der Waals surface area contributed by atoms with Gasteiger partial charge in [-0.05, 0) is 62.1 Å². The normalized spacial score (nSPS) is 17.1. The Morgan fingerprint density at radius 3 is 2.60 bits per heavy atom. The quantitative estimate of drug-likeness (QED) is 0.678. The van der Waals surface area contributed by atoms with Gasteiger partial charge in [0, 0.05) is 30.3 Å². The summed E-state index contributed by atoms with van der Waals surface area (Å²) in [5.74, 6) is -0.350. The maximum absolute atomic E-state index is 12.7. The smallest absolute Gasteiger partial charge is 0.262 e. The van der Waals surface area contributed by atoms with E-state index in [1.807, 2.05) is 12.1 Å². The minimum atomic E-state index is -0.903. The van der Waals surface area contributed by atoms with Gasteiger partial charge in [0.25, 0.3) is 11.8 Å². The van der Waals surface area contributed by atoms with Crippen molar-refractivity contribution in [1.29, 1.82) is 0 Å². The number of piperidine rings is 1. The second-order valence-electron chi connectivity index (χ2n) is 7.63. The number of halogens is 1. The fourth-order valence-corrected chi connectivity index (χ4v) is 4.27. The van der Waals surface area contributed by atoms with Crippen LogP contribution in [0.3, 0.4) is 0 Å². The summed E-state index contributed by atoms with van der Waals surface area (Å²) < 4.78 is 0.712. The van der Waals surface area contributed by atoms with Gasteiger partial charge in [0.05, 0.1) is 11.1 Å². The minimum Gasteiger partial charge on any atom is -0.357 e. The van der Waals surface area contributed by atoms with Gasteiger partial charge in [-0.15, -0.1) is 0 Å². The molecule has 30 heavy (non-hydrogen) atoms. The fraction of sp³-hybridized carbons (Fsp3) is 0.364. The molecule has 2 aromatic rings. The number of hydrogen-bond acceptors (Lipinski definition) is 5. The molecule has 1 unspecified atom stereocenters. The summed E-state index contributed by atoms with van der Waals surface area (Å²) in [6.45, 7) is 3.87. The van der Waals surface area contributed by atoms with Crippen LogP contribution in [-0.4, -0.2) is 46.7 Å². The van der Waals surface area contributed by atoms with Gasteiger partial charge >= 0.3 is 0 Å². The van der Waals surface area contributed by atoms with Gasteiger partial charge in [0.15, 0.2) is 0 Å². The lowest BCUT2D eigenvalue weighted by atomic mass is 10.1. The van der Waals surface area contributed by atoms with Crippen molar-refractivity contribution < 1.29 is 14.4 Å². The second-order valence-corrected chi connectivity index (χ2v) is 8.55. The molecular weight excluding hydrogens is 448 g/mol. The van der Waals surface area contributed by atoms with Crippen molar-refractivity contribution in [3.05, 3.63) is 57.7 Å². The summed E-state index contributed by atoms with van der Waals surface area (Å²) in [7, 11) is 0. The van der Waals surface area contributed by atoms with Crippen LogP contribution < -0.4 is 10.2 Å². The largest absolute Gasteiger partial charge is 0.357 e. The highest BCUT2D eigenvalue weighted by Crippen LogP contribution is 2.27. The number of imide groups is 1. The van der Waals surface area contributed by atoms with E-state index in [0.717, 1.165) is 42.2 Å². The van der Waals surface area contributed by atoms with E-state index in [1.165, 1.54) is 6.42 Å². The van der Waals surface area contributed by atoms with Crippen LogP contribution in [0.15, 0.2) is 41.0 Å². The molecule has 1 N–H and O–H groups in total. The van der Waals surface area contributed by atoms with Crippen LogP contribution in [0.25, 0.3) is 0 Å². The van der Waals surface area contributed by atoms with Crippen LogP contribution in [0.1, 0.15) is 52.5 Å². The zero-order valence-electron chi connectivity index (χ0n) is 16.7. The van der Waals surface area contributed by atoms with Gasteiger partial charge < -0.3 is 10.2 Å². The third-order valence-electron chi connectivity index (χ3n) is 5.60. The van der Waals surface area contributed by atoms with E-state index in [4.69, 9.17) is 0 Å². The molecule has 2 aliphatic heterocycles. The first-order chi connectivity index (χ1) is 14.5. The number of carbonyl (C=O) groups excluding carboxylic acids is 3. The van der Waals surface area contributed by atoms with E-state index in [0.29, 0.717) is 22.1 Å². The molecule has 8 heteroatoms. The molecule has 1 saturated heterocycles. The van der Waals surface area contributed by atoms with E-state index >= 15 is 0 Å². The van der Waals surface area contributed by atoms with Gasteiger partial charge in [0.2, 0.25) is 5.91 Å². The second kappa shape index (κ2) is 8.55. The standard InChI is InChI=1S/C22H23BrN4O3/c1-14(27-21(29)17-6-5-16(23)12-18(17)22(27)30)20(28)25-13-15-7-8-24-19(11-15)26-9-3-2-4-10-26/h5-8,11-12,14H,2-4,9-10,13H2,1H3,(H,25,28). The van der Waals surface area contributed by atoms with E-state index < -0.39 is 17.9 Å². The van der Waals surface area contributed by atoms with Gasteiger partial charge in [-0.25, -0.2) is 4.98 Å². The van der Waals surface area contributed by atoms with Crippen LogP contribution in [0.5, 0.6) is 0 Å². The lowest BCUT2D eigenvalue weighted by Crippen LogP contribution is -2.47. The summed E-state index contributed by atoms with van der Waals surface area (Å²) in [4.78, 5) is 45.8. The third kappa shape index (κ3) is 3.96. The average molecular weight is 471 g/mol. The Morgan fingerprint density at radius 1 is 1.10 bits per heavy atom. The first kappa shape index (κ1) is 20.5. The molecule has 1 aromatic heterocycles. The average Bonchev–Trinajstić information content (AvgIpc) is 3.01. The highest BCUT2D eigenvalue weighted by Gasteiger charge is 2.40. The zero-order chi connectivity index (χ0) is 21.3. The van der Waals surface area contributed by atoms with Gasteiger partial charge in [-0.1, -0.05) is 15.9 Å². The van der Waals surface area contributed by atoms with Crippen molar-refractivity contribution in [3.8, 4) is 0 Å². The fourth-order valence-electron chi connectivity index (χ4n) is 3.90. The van der Waals surface area contributed by atoms with Gasteiger partial charge in [-0.3, -0.25) is 19.3 Å². The Bertz CT molecular complexity index is 1000. The molecule has 1 aromatic carbocycles. The summed E-state index contributed by atoms with van der Waals surface area (Å²) >= 11 is 3.31. The molecule has 0 spiro atoms. The summed E-state index contributed by atoms with van der Waals surface area (Å²) in [5, 5.41) is 2.84. The Labute approximate surface area is 183 Å². The number of fused-ring (bicyclic) bond motifs is 1. The number of hydrogen-bond donors (Lipinski definition) is 1. The topological polar surface area (TPSA) is 82.6 Å². The SMILES string of the molecule is CC(C(=O)NCc1ccnc(N2CCCCC2)c1)N1C(=O)c2ccc(Br)cc2C1=O. The van der Waals surface area contributed by atoms with Crippen molar-refractivity contribution >= 4 is 39.5 Å². The molecule has 0 saturated carbocycles. The molecule has 0 bridgehead atoms. The number of anilines is 1. The van der Waals surface area contributed by atoms with Crippen LogP contribution in [0.2, 0.25) is 0 Å². The minimum absolute atomic E-state index is 0.307. The van der Waals surface area contributed by atoms with Crippen LogP contribution in [0.4, 0.5) is 5.82 Å². The number of amides is 3. The summed E-state index contributed by atoms with van der Waals surface area (Å²) in [6.07, 6.45) is 5.32. The monoisotopic (exact) mass is 470 g/mol. The van der Waals surface area contributed by atoms with E-state index in [2.05, 4.69) is 31.1 Å². The molecule has 1 fully saturated rings. The highest BCUT2D eigenvalue weighted by atomic mass is 79.9. The summed E-state index contributed by atoms with van der Waals surface area (Å²) in [6, 6.07) is 7.86. The Morgan fingerprint density at radius 2 is 1.83 bits per heavy atom. The van der Waals surface area contributed by atoms with E-state index in [1.54, 1.807) is 31.3 Å². The Kier molecular flexibility index (Phi) is 5.85. The lowest BCUT2D eigenvalue weighted by molar-refractivity contribution is -0.124. The van der Waals surface area contributed by atoms with Crippen molar-refractivity contribution in [3.63, 3.8) is 0 Å². The van der Waals surface area contributed by atoms with Crippen LogP contribution in [0, 0.1) is 0 Å². The van der Waals surface area contributed by atoms with Gasteiger partial charge in [-0.2, -0.15) is 0 Å². The predicted octanol–water partition coefficient (Wildman–Crippen LogP) is 3.14. The van der Waals surface area contributed by atoms with Crippen LogP contribution in [-0.2, 0) is 11.3 Å². The van der Waals surface area contributed by atoms with Crippen molar-refractivity contribution in [2.75, 3.05) is 18.0 Å². The molecule has 1 atom stereocenters. The number of nitrogens with zero attached hydrogens (tertiary/aromatic N) is 3. The number of nitrogens with one attached hydrogen (secondary N) is 1. The number of rotatable bonds is 5. The van der Waals surface area contributed by atoms with Gasteiger partial charge in [0.1, 0.15) is 11.9 Å². The molecule has 4 rings (SSSR count). The molecule has 0 aliphatic carbocycles. The van der Waals surface area contributed by atoms with Crippen molar-refractivity contribution in [1.82, 2.24) is 15.2 Å². The third-order valence-corrected chi connectivity index (χ3v) is 6.10. The number of carbonyl (C=O) groups is 3. The molecule has 3 heterocycles. The molecule has 2 aliphatic rings. The Hall–Kier alpha value is -2.74. The first-order valence-corrected chi connectivity index (χ1v) is 10.9. The Balaban J connectivity index is 1.41. The van der Waals surface area contributed by atoms with E-state index in [9.17, 15) is 14.4 Å². The lowest BCUT2D eigenvalue weighted by Gasteiger charge is -2.28. The number of aromatic nitrogens is 1. The molecule has 7 nitrogen and oxygen atoms in total. The maximum atomic E-state index is 12.7. The summed E-state index contributed by atoms with van der Waals surface area (Å²) in [5.41, 5.74) is 1.56.